The lowest BCUT2D eigenvalue weighted by Gasteiger charge is -2.24. The van der Waals surface area contributed by atoms with Gasteiger partial charge < -0.3 is 20.5 Å². The molecule has 2 aromatic rings. The number of aliphatic carboxylic acids is 2. The molecule has 1 aliphatic heterocycles. The number of aromatic amines is 1. The third kappa shape index (κ3) is 3.82. The second-order valence-corrected chi connectivity index (χ2v) is 7.97. The van der Waals surface area contributed by atoms with Gasteiger partial charge >= 0.3 is 11.9 Å². The first-order chi connectivity index (χ1) is 14.5. The molecule has 1 aliphatic carbocycles. The molecule has 3 atom stereocenters. The number of hydrogen-bond acceptors (Lipinski definition) is 4. The average Bonchev–Trinajstić information content (AvgIpc) is 3.38. The molecule has 4 rings (SSSR count). The predicted octanol–water partition coefficient (Wildman–Crippen LogP) is 2.99. The van der Waals surface area contributed by atoms with Crippen molar-refractivity contribution in [2.24, 2.45) is 11.8 Å². The van der Waals surface area contributed by atoms with Crippen molar-refractivity contribution in [2.75, 3.05) is 18.4 Å². The summed E-state index contributed by atoms with van der Waals surface area (Å²) in [7, 11) is 0. The molecule has 0 saturated carbocycles. The van der Waals surface area contributed by atoms with Crippen LogP contribution in [0.3, 0.4) is 0 Å². The van der Waals surface area contributed by atoms with Crippen molar-refractivity contribution in [2.45, 2.75) is 31.7 Å². The van der Waals surface area contributed by atoms with Crippen LogP contribution in [-0.4, -0.2) is 51.0 Å². The molecule has 1 fully saturated rings. The molecule has 158 valence electrons. The molecule has 0 spiro atoms. The number of aromatic nitrogens is 1. The highest BCUT2D eigenvalue weighted by Crippen LogP contribution is 2.33. The first-order valence-corrected chi connectivity index (χ1v) is 10.2. The van der Waals surface area contributed by atoms with Crippen LogP contribution in [0.1, 0.15) is 37.3 Å². The number of nitrogens with zero attached hydrogens (tertiary/aromatic N) is 1. The van der Waals surface area contributed by atoms with Gasteiger partial charge in [-0.15, -0.1) is 0 Å². The van der Waals surface area contributed by atoms with E-state index >= 15 is 0 Å². The van der Waals surface area contributed by atoms with Gasteiger partial charge in [-0.1, -0.05) is 18.2 Å². The molecule has 0 unspecified atom stereocenters. The van der Waals surface area contributed by atoms with E-state index < -0.39 is 29.8 Å². The van der Waals surface area contributed by atoms with E-state index in [2.05, 4.69) is 10.3 Å². The van der Waals surface area contributed by atoms with Crippen LogP contribution in [0.4, 0.5) is 5.69 Å². The van der Waals surface area contributed by atoms with Crippen molar-refractivity contribution in [1.29, 1.82) is 0 Å². The Bertz CT molecular complexity index is 1010. The van der Waals surface area contributed by atoms with Crippen molar-refractivity contribution in [3.63, 3.8) is 0 Å². The van der Waals surface area contributed by atoms with Gasteiger partial charge in [-0.25, -0.2) is 0 Å². The molecule has 1 amide bonds. The number of carboxylic acids is 2. The van der Waals surface area contributed by atoms with Gasteiger partial charge in [0.2, 0.25) is 5.91 Å². The number of carbonyl (C=O) groups excluding carboxylic acids is 1. The van der Waals surface area contributed by atoms with Crippen molar-refractivity contribution in [3.05, 3.63) is 42.1 Å². The third-order valence-electron chi connectivity index (χ3n) is 6.10. The number of benzene rings is 1. The Labute approximate surface area is 173 Å². The summed E-state index contributed by atoms with van der Waals surface area (Å²) in [6.45, 7) is 1.52. The molecule has 8 heteroatoms. The monoisotopic (exact) mass is 411 g/mol. The number of nitrogens with one attached hydrogen (secondary N) is 2. The normalized spacial score (nSPS) is 22.8. The lowest BCUT2D eigenvalue weighted by atomic mass is 9.82. The highest BCUT2D eigenvalue weighted by molar-refractivity contribution is 5.98. The van der Waals surface area contributed by atoms with Crippen molar-refractivity contribution in [1.82, 2.24) is 9.88 Å². The minimum atomic E-state index is -0.967. The van der Waals surface area contributed by atoms with E-state index in [4.69, 9.17) is 0 Å². The highest BCUT2D eigenvalue weighted by atomic mass is 16.4. The van der Waals surface area contributed by atoms with Crippen molar-refractivity contribution < 1.29 is 24.6 Å². The maximum absolute atomic E-state index is 12.7. The third-order valence-corrected chi connectivity index (χ3v) is 6.10. The number of allylic oxidation sites excluding steroid dienone is 2. The summed E-state index contributed by atoms with van der Waals surface area (Å²) in [4.78, 5) is 41.2. The Kier molecular flexibility index (Phi) is 5.59. The van der Waals surface area contributed by atoms with Crippen LogP contribution in [0.15, 0.2) is 36.5 Å². The number of likely N-dealkylation sites (tertiary alicyclic amines) is 1. The van der Waals surface area contributed by atoms with E-state index in [0.29, 0.717) is 24.1 Å². The van der Waals surface area contributed by atoms with Crippen LogP contribution in [0.2, 0.25) is 0 Å². The molecule has 1 aromatic carbocycles. The molecular weight excluding hydrogens is 386 g/mol. The van der Waals surface area contributed by atoms with Gasteiger partial charge in [0.25, 0.3) is 0 Å². The number of carbonyl (C=O) groups is 3. The zero-order valence-electron chi connectivity index (χ0n) is 16.5. The molecule has 0 radical (unpaired) electrons. The summed E-state index contributed by atoms with van der Waals surface area (Å²) < 4.78 is 0. The van der Waals surface area contributed by atoms with Crippen LogP contribution < -0.4 is 5.32 Å². The number of rotatable bonds is 6. The van der Waals surface area contributed by atoms with Gasteiger partial charge in [0.05, 0.1) is 11.8 Å². The lowest BCUT2D eigenvalue weighted by molar-refractivity contribution is -0.146. The molecule has 0 bridgehead atoms. The van der Waals surface area contributed by atoms with Crippen molar-refractivity contribution in [3.8, 4) is 0 Å². The molecular formula is C22H25N3O5. The van der Waals surface area contributed by atoms with Crippen LogP contribution >= 0.6 is 0 Å². The zero-order chi connectivity index (χ0) is 21.3. The summed E-state index contributed by atoms with van der Waals surface area (Å²) in [6.07, 6.45) is 8.10. The fraction of sp³-hybridized carbons (Fsp3) is 0.409. The standard InChI is InChI=1S/C22H25N3O5/c26-20(15-5-1-2-6-16(15)21(27)28)24-13-7-8-14-17(12-23-18(14)11-13)19(22(29)30)25-9-3-4-10-25/h1-2,7-8,11-12,15-16,19,23H,3-6,9-10H2,(H,24,26)(H,27,28)(H,29,30)/t15-,16-,19-/m0/s1. The molecule has 4 N–H and O–H groups in total. The van der Waals surface area contributed by atoms with Gasteiger partial charge in [-0.3, -0.25) is 19.3 Å². The molecule has 2 heterocycles. The number of anilines is 1. The second kappa shape index (κ2) is 8.31. The number of amides is 1. The van der Waals surface area contributed by atoms with Gasteiger partial charge in [0, 0.05) is 28.4 Å². The van der Waals surface area contributed by atoms with Crippen molar-refractivity contribution >= 4 is 34.4 Å². The average molecular weight is 411 g/mol. The lowest BCUT2D eigenvalue weighted by Crippen LogP contribution is -2.34. The Morgan fingerprint density at radius 2 is 1.77 bits per heavy atom. The smallest absolute Gasteiger partial charge is 0.325 e. The summed E-state index contributed by atoms with van der Waals surface area (Å²) in [5, 5.41) is 22.8. The summed E-state index contributed by atoms with van der Waals surface area (Å²) >= 11 is 0. The Balaban J connectivity index is 1.56. The molecule has 8 nitrogen and oxygen atoms in total. The first-order valence-electron chi connectivity index (χ1n) is 10.2. The Morgan fingerprint density at radius 3 is 2.43 bits per heavy atom. The maximum atomic E-state index is 12.7. The van der Waals surface area contributed by atoms with E-state index in [1.807, 2.05) is 11.0 Å². The van der Waals surface area contributed by atoms with E-state index in [1.54, 1.807) is 30.5 Å². The number of fused-ring (bicyclic) bond motifs is 1. The van der Waals surface area contributed by atoms with Gasteiger partial charge in [-0.2, -0.15) is 0 Å². The van der Waals surface area contributed by atoms with Gasteiger partial charge in [-0.05, 0) is 50.9 Å². The summed E-state index contributed by atoms with van der Waals surface area (Å²) in [5.74, 6) is -3.51. The topological polar surface area (TPSA) is 123 Å². The highest BCUT2D eigenvalue weighted by Gasteiger charge is 2.34. The maximum Gasteiger partial charge on any atom is 0.325 e. The molecule has 30 heavy (non-hydrogen) atoms. The number of H-pyrrole nitrogens is 1. The van der Waals surface area contributed by atoms with Gasteiger partial charge in [0.15, 0.2) is 0 Å². The van der Waals surface area contributed by atoms with E-state index in [0.717, 1.165) is 36.8 Å². The van der Waals surface area contributed by atoms with E-state index in [1.165, 1.54) is 0 Å². The van der Waals surface area contributed by atoms with E-state index in [-0.39, 0.29) is 5.91 Å². The van der Waals surface area contributed by atoms with Crippen LogP contribution in [0, 0.1) is 11.8 Å². The zero-order valence-corrected chi connectivity index (χ0v) is 16.5. The van der Waals surface area contributed by atoms with Crippen LogP contribution in [0.5, 0.6) is 0 Å². The Hall–Kier alpha value is -3.13. The number of hydrogen-bond donors (Lipinski definition) is 4. The van der Waals surface area contributed by atoms with Crippen LogP contribution in [0.25, 0.3) is 10.9 Å². The minimum Gasteiger partial charge on any atom is -0.481 e. The fourth-order valence-corrected chi connectivity index (χ4v) is 4.55. The largest absolute Gasteiger partial charge is 0.481 e. The summed E-state index contributed by atoms with van der Waals surface area (Å²) in [6, 6.07) is 4.59. The SMILES string of the molecule is O=C(O)[C@H]1CC=CC[C@@H]1C(=O)Nc1ccc2c([C@@H](C(=O)O)N3CCCC3)c[nH]c2c1. The fourth-order valence-electron chi connectivity index (χ4n) is 4.55. The second-order valence-electron chi connectivity index (χ2n) is 7.97. The first kappa shape index (κ1) is 20.2. The quantitative estimate of drug-likeness (QED) is 0.542. The Morgan fingerprint density at radius 1 is 1.07 bits per heavy atom. The predicted molar refractivity (Wildman–Crippen MR) is 111 cm³/mol. The number of carboxylic acid groups (broad SMARTS) is 2. The van der Waals surface area contributed by atoms with Gasteiger partial charge in [0.1, 0.15) is 6.04 Å². The van der Waals surface area contributed by atoms with Crippen LogP contribution in [-0.2, 0) is 14.4 Å². The molecule has 1 saturated heterocycles. The summed E-state index contributed by atoms with van der Waals surface area (Å²) in [5.41, 5.74) is 1.99. The molecule has 2 aliphatic rings. The molecule has 1 aromatic heterocycles. The minimum absolute atomic E-state index is 0.321. The van der Waals surface area contributed by atoms with E-state index in [9.17, 15) is 24.6 Å².